The number of furan rings is 1. The van der Waals surface area contributed by atoms with Crippen molar-refractivity contribution in [2.75, 3.05) is 18.4 Å². The van der Waals surface area contributed by atoms with E-state index in [1.165, 1.54) is 0 Å². The molecule has 4 rings (SSSR count). The van der Waals surface area contributed by atoms with Gasteiger partial charge in [-0.3, -0.25) is 4.79 Å². The average molecular weight is 447 g/mol. The lowest BCUT2D eigenvalue weighted by Crippen LogP contribution is -2.31. The number of sulfonamides is 1. The molecule has 1 N–H and O–H groups in total. The van der Waals surface area contributed by atoms with E-state index in [-0.39, 0.29) is 17.2 Å². The summed E-state index contributed by atoms with van der Waals surface area (Å²) in [5.74, 6) is -0.221. The van der Waals surface area contributed by atoms with E-state index in [1.54, 1.807) is 53.0 Å². The van der Waals surface area contributed by atoms with E-state index in [4.69, 9.17) is 16.0 Å². The first-order valence-corrected chi connectivity index (χ1v) is 11.8. The van der Waals surface area contributed by atoms with E-state index in [9.17, 15) is 13.2 Å². The van der Waals surface area contributed by atoms with Crippen molar-refractivity contribution in [1.29, 1.82) is 0 Å². The molecule has 1 fully saturated rings. The van der Waals surface area contributed by atoms with Gasteiger partial charge in [-0.1, -0.05) is 24.4 Å². The third kappa shape index (κ3) is 4.53. The summed E-state index contributed by atoms with van der Waals surface area (Å²) in [4.78, 5) is 12.7. The minimum Gasteiger partial charge on any atom is -0.464 e. The summed E-state index contributed by atoms with van der Waals surface area (Å²) in [6.07, 6.45) is 5.59. The highest BCUT2D eigenvalue weighted by Gasteiger charge is 2.25. The molecule has 1 saturated heterocycles. The smallest absolute Gasteiger partial charge is 0.243 e. The van der Waals surface area contributed by atoms with Gasteiger partial charge in [0, 0.05) is 34.7 Å². The molecule has 158 valence electrons. The normalized spacial score (nSPS) is 15.8. The summed E-state index contributed by atoms with van der Waals surface area (Å²) in [7, 11) is -3.50. The topological polar surface area (TPSA) is 79.6 Å². The Balaban J connectivity index is 1.44. The molecule has 0 radical (unpaired) electrons. The predicted octanol–water partition coefficient (Wildman–Crippen LogP) is 4.83. The van der Waals surface area contributed by atoms with E-state index in [0.717, 1.165) is 36.6 Å². The number of anilines is 1. The number of fused-ring (bicyclic) bond motifs is 1. The third-order valence-electron chi connectivity index (χ3n) is 5.31. The molecule has 8 heteroatoms. The highest BCUT2D eigenvalue weighted by atomic mass is 35.5. The summed E-state index contributed by atoms with van der Waals surface area (Å²) >= 11 is 6.04. The fourth-order valence-corrected chi connectivity index (χ4v) is 5.40. The van der Waals surface area contributed by atoms with Crippen LogP contribution in [0, 0.1) is 0 Å². The number of carbonyl (C=O) groups excluding carboxylic acids is 1. The number of carbonyl (C=O) groups is 1. The monoisotopic (exact) mass is 446 g/mol. The number of rotatable bonds is 5. The second-order valence-electron chi connectivity index (χ2n) is 7.47. The van der Waals surface area contributed by atoms with Gasteiger partial charge in [-0.25, -0.2) is 8.42 Å². The molecular formula is C22H23ClN2O4S. The van der Waals surface area contributed by atoms with Crippen molar-refractivity contribution < 1.29 is 17.6 Å². The number of amides is 1. The van der Waals surface area contributed by atoms with Crippen LogP contribution in [0.25, 0.3) is 11.0 Å². The van der Waals surface area contributed by atoms with E-state index < -0.39 is 10.0 Å². The Kier molecular flexibility index (Phi) is 6.13. The molecule has 0 saturated carbocycles. The van der Waals surface area contributed by atoms with Crippen molar-refractivity contribution in [3.8, 4) is 0 Å². The standard InChI is InChI=1S/C22H23ClN2O4S/c23-17-5-10-21-20(14-17)16(15-29-21)13-22(26)24-18-6-8-19(9-7-18)30(27,28)25-11-3-1-2-4-12-25/h5-10,14-15H,1-4,11-13H2,(H,24,26). The zero-order valence-corrected chi connectivity index (χ0v) is 18.0. The van der Waals surface area contributed by atoms with Gasteiger partial charge in [0.05, 0.1) is 17.6 Å². The average Bonchev–Trinajstić information content (AvgIpc) is 2.93. The van der Waals surface area contributed by atoms with Crippen LogP contribution in [0.2, 0.25) is 5.02 Å². The molecular weight excluding hydrogens is 424 g/mol. The van der Waals surface area contributed by atoms with E-state index in [2.05, 4.69) is 5.32 Å². The van der Waals surface area contributed by atoms with Gasteiger partial charge < -0.3 is 9.73 Å². The maximum atomic E-state index is 12.9. The SMILES string of the molecule is O=C(Cc1coc2ccc(Cl)cc12)Nc1ccc(S(=O)(=O)N2CCCCCC2)cc1. The maximum Gasteiger partial charge on any atom is 0.243 e. The van der Waals surface area contributed by atoms with Crippen LogP contribution < -0.4 is 5.32 Å². The second kappa shape index (κ2) is 8.79. The van der Waals surface area contributed by atoms with Gasteiger partial charge in [0.15, 0.2) is 0 Å². The number of halogens is 1. The van der Waals surface area contributed by atoms with Gasteiger partial charge in [0.1, 0.15) is 5.58 Å². The van der Waals surface area contributed by atoms with Crippen molar-refractivity contribution in [2.24, 2.45) is 0 Å². The van der Waals surface area contributed by atoms with Crippen LogP contribution in [0.5, 0.6) is 0 Å². The first-order chi connectivity index (χ1) is 14.4. The molecule has 30 heavy (non-hydrogen) atoms. The number of nitrogens with one attached hydrogen (secondary N) is 1. The van der Waals surface area contributed by atoms with E-state index >= 15 is 0 Å². The fraction of sp³-hybridized carbons (Fsp3) is 0.318. The van der Waals surface area contributed by atoms with Crippen molar-refractivity contribution >= 4 is 44.2 Å². The molecule has 0 atom stereocenters. The predicted molar refractivity (Wildman–Crippen MR) is 117 cm³/mol. The first kappa shape index (κ1) is 20.9. The Morgan fingerprint density at radius 2 is 1.73 bits per heavy atom. The number of hydrogen-bond donors (Lipinski definition) is 1. The molecule has 0 spiro atoms. The van der Waals surface area contributed by atoms with Gasteiger partial charge in [-0.15, -0.1) is 0 Å². The Bertz CT molecular complexity index is 1150. The van der Waals surface area contributed by atoms with E-state index in [1.807, 2.05) is 0 Å². The summed E-state index contributed by atoms with van der Waals surface area (Å²) in [6, 6.07) is 11.6. The van der Waals surface area contributed by atoms with Gasteiger partial charge >= 0.3 is 0 Å². The summed E-state index contributed by atoms with van der Waals surface area (Å²) in [5.41, 5.74) is 1.95. The van der Waals surface area contributed by atoms with Gasteiger partial charge in [-0.2, -0.15) is 4.31 Å². The summed E-state index contributed by atoms with van der Waals surface area (Å²) in [5, 5.41) is 4.18. The lowest BCUT2D eigenvalue weighted by atomic mass is 10.1. The van der Waals surface area contributed by atoms with Crippen LogP contribution in [0.15, 0.2) is 58.0 Å². The van der Waals surface area contributed by atoms with Crippen LogP contribution in [0.4, 0.5) is 5.69 Å². The van der Waals surface area contributed by atoms with Crippen LogP contribution in [0.1, 0.15) is 31.2 Å². The van der Waals surface area contributed by atoms with Crippen molar-refractivity contribution in [1.82, 2.24) is 4.31 Å². The molecule has 2 aromatic carbocycles. The molecule has 1 aliphatic heterocycles. The first-order valence-electron chi connectivity index (χ1n) is 9.99. The minimum absolute atomic E-state index is 0.126. The van der Waals surface area contributed by atoms with E-state index in [0.29, 0.717) is 29.4 Å². The number of nitrogens with zero attached hydrogens (tertiary/aromatic N) is 1. The summed E-state index contributed by atoms with van der Waals surface area (Å²) < 4.78 is 32.7. The fourth-order valence-electron chi connectivity index (χ4n) is 3.71. The number of benzene rings is 2. The van der Waals surface area contributed by atoms with Crippen LogP contribution in [-0.2, 0) is 21.2 Å². The zero-order valence-electron chi connectivity index (χ0n) is 16.4. The van der Waals surface area contributed by atoms with Crippen molar-refractivity contribution in [3.05, 3.63) is 59.3 Å². The molecule has 1 aromatic heterocycles. The van der Waals surface area contributed by atoms with Gasteiger partial charge in [-0.05, 0) is 55.3 Å². The zero-order chi connectivity index (χ0) is 21.1. The largest absolute Gasteiger partial charge is 0.464 e. The number of hydrogen-bond acceptors (Lipinski definition) is 4. The van der Waals surface area contributed by atoms with Crippen molar-refractivity contribution in [3.63, 3.8) is 0 Å². The van der Waals surface area contributed by atoms with Gasteiger partial charge in [0.2, 0.25) is 15.9 Å². The van der Waals surface area contributed by atoms with Gasteiger partial charge in [0.25, 0.3) is 0 Å². The van der Waals surface area contributed by atoms with Crippen LogP contribution in [0.3, 0.4) is 0 Å². The quantitative estimate of drug-likeness (QED) is 0.608. The van der Waals surface area contributed by atoms with Crippen LogP contribution >= 0.6 is 11.6 Å². The molecule has 0 bridgehead atoms. The minimum atomic E-state index is -3.50. The molecule has 0 aliphatic carbocycles. The van der Waals surface area contributed by atoms with Crippen molar-refractivity contribution in [2.45, 2.75) is 37.0 Å². The molecule has 1 aliphatic rings. The molecule has 1 amide bonds. The lowest BCUT2D eigenvalue weighted by molar-refractivity contribution is -0.115. The molecule has 6 nitrogen and oxygen atoms in total. The lowest BCUT2D eigenvalue weighted by Gasteiger charge is -2.20. The Labute approximate surface area is 180 Å². The molecule has 0 unspecified atom stereocenters. The Morgan fingerprint density at radius 1 is 1.03 bits per heavy atom. The van der Waals surface area contributed by atoms with Crippen LogP contribution in [-0.4, -0.2) is 31.7 Å². The third-order valence-corrected chi connectivity index (χ3v) is 7.46. The highest BCUT2D eigenvalue weighted by molar-refractivity contribution is 7.89. The Hall–Kier alpha value is -2.35. The molecule has 2 heterocycles. The second-order valence-corrected chi connectivity index (χ2v) is 9.84. The highest BCUT2D eigenvalue weighted by Crippen LogP contribution is 2.26. The summed E-state index contributed by atoms with van der Waals surface area (Å²) in [6.45, 7) is 1.12. The Morgan fingerprint density at radius 3 is 2.43 bits per heavy atom. The molecule has 3 aromatic rings. The maximum absolute atomic E-state index is 12.9.